The Labute approximate surface area is 326 Å². The van der Waals surface area contributed by atoms with Crippen molar-refractivity contribution in [2.45, 2.75) is 76.6 Å². The Hall–Kier alpha value is -5.72. The Morgan fingerprint density at radius 2 is 1.77 bits per heavy atom. The minimum atomic E-state index is -1.20. The molecule has 3 aliphatic rings. The molecule has 3 heterocycles. The molecule has 2 fully saturated rings. The van der Waals surface area contributed by atoms with E-state index < -0.39 is 29.6 Å². The van der Waals surface area contributed by atoms with Crippen LogP contribution < -0.4 is 19.5 Å². The van der Waals surface area contributed by atoms with E-state index >= 15 is 0 Å². The van der Waals surface area contributed by atoms with Crippen LogP contribution in [0.1, 0.15) is 56.6 Å². The van der Waals surface area contributed by atoms with Crippen molar-refractivity contribution in [3.63, 3.8) is 0 Å². The quantitative estimate of drug-likeness (QED) is 0.145. The van der Waals surface area contributed by atoms with Crippen molar-refractivity contribution < 1.29 is 37.7 Å². The lowest BCUT2D eigenvalue weighted by atomic mass is 10.1. The summed E-state index contributed by atoms with van der Waals surface area (Å²) < 4.78 is 37.0. The van der Waals surface area contributed by atoms with Crippen molar-refractivity contribution in [1.82, 2.24) is 25.1 Å². The molecule has 1 aromatic heterocycles. The molecule has 4 aromatic rings. The van der Waals surface area contributed by atoms with Gasteiger partial charge in [0.15, 0.2) is 5.82 Å². The maximum absolute atomic E-state index is 14.8. The van der Waals surface area contributed by atoms with Gasteiger partial charge in [-0.15, -0.1) is 0 Å². The first-order chi connectivity index (χ1) is 27.1. The summed E-state index contributed by atoms with van der Waals surface area (Å²) in [5, 5.41) is 3.66. The zero-order valence-electron chi connectivity index (χ0n) is 32.3. The fourth-order valence-electron chi connectivity index (χ4n) is 7.72. The van der Waals surface area contributed by atoms with E-state index in [1.165, 1.54) is 12.1 Å². The van der Waals surface area contributed by atoms with Gasteiger partial charge >= 0.3 is 12.0 Å². The van der Waals surface area contributed by atoms with Crippen LogP contribution in [0.15, 0.2) is 72.8 Å². The number of amides is 3. The van der Waals surface area contributed by atoms with E-state index in [0.29, 0.717) is 53.3 Å². The molecule has 3 aromatic carbocycles. The van der Waals surface area contributed by atoms with Crippen molar-refractivity contribution in [3.05, 3.63) is 89.8 Å². The number of ether oxygens (including phenoxy) is 4. The summed E-state index contributed by atoms with van der Waals surface area (Å²) in [6.45, 7) is 4.70. The number of nitrogens with one attached hydrogen (secondary N) is 1. The van der Waals surface area contributed by atoms with Crippen LogP contribution in [0.5, 0.6) is 17.4 Å². The van der Waals surface area contributed by atoms with Gasteiger partial charge in [-0.1, -0.05) is 30.7 Å². The highest BCUT2D eigenvalue weighted by Gasteiger charge is 2.62. The maximum atomic E-state index is 14.8. The van der Waals surface area contributed by atoms with Crippen LogP contribution >= 0.6 is 0 Å². The first-order valence-corrected chi connectivity index (χ1v) is 19.3. The number of benzene rings is 3. The minimum Gasteiger partial charge on any atom is -0.497 e. The molecule has 2 aliphatic heterocycles. The average Bonchev–Trinajstić information content (AvgIpc) is 3.74. The molecule has 56 heavy (non-hydrogen) atoms. The number of methoxy groups -OCH3 is 2. The molecule has 1 aliphatic carbocycles. The number of urea groups is 1. The normalized spacial score (nSPS) is 23.3. The Morgan fingerprint density at radius 1 is 0.982 bits per heavy atom. The van der Waals surface area contributed by atoms with Crippen molar-refractivity contribution in [2.75, 3.05) is 33.9 Å². The lowest BCUT2D eigenvalue weighted by molar-refractivity contribution is -0.149. The van der Waals surface area contributed by atoms with Crippen molar-refractivity contribution >= 4 is 28.8 Å². The van der Waals surface area contributed by atoms with E-state index in [2.05, 4.69) is 11.4 Å². The highest BCUT2D eigenvalue weighted by molar-refractivity contribution is 5.95. The molecule has 4 unspecified atom stereocenters. The van der Waals surface area contributed by atoms with Gasteiger partial charge in [0, 0.05) is 36.6 Å². The molecule has 3 amide bonds. The molecule has 7 rings (SSSR count). The van der Waals surface area contributed by atoms with E-state index in [9.17, 15) is 18.8 Å². The number of aromatic nitrogens is 2. The van der Waals surface area contributed by atoms with Gasteiger partial charge in [0.25, 0.3) is 0 Å². The Morgan fingerprint density at radius 3 is 2.50 bits per heavy atom. The monoisotopic (exact) mass is 765 g/mol. The van der Waals surface area contributed by atoms with Crippen LogP contribution in [-0.4, -0.2) is 89.3 Å². The van der Waals surface area contributed by atoms with E-state index in [1.807, 2.05) is 49.4 Å². The van der Waals surface area contributed by atoms with Crippen LogP contribution in [0.4, 0.5) is 9.18 Å². The number of esters is 1. The number of rotatable bonds is 9. The highest BCUT2D eigenvalue weighted by atomic mass is 19.1. The lowest BCUT2D eigenvalue weighted by Crippen LogP contribution is -2.55. The third-order valence-electron chi connectivity index (χ3n) is 10.9. The molecule has 1 N–H and O–H groups in total. The second-order valence-electron chi connectivity index (χ2n) is 14.6. The second kappa shape index (κ2) is 16.6. The fourth-order valence-corrected chi connectivity index (χ4v) is 7.72. The summed E-state index contributed by atoms with van der Waals surface area (Å²) in [5.74, 6) is 0.381. The molecular formula is C43H48FN5O7. The van der Waals surface area contributed by atoms with Gasteiger partial charge in [-0.2, -0.15) is 4.98 Å². The van der Waals surface area contributed by atoms with Crippen LogP contribution in [0, 0.1) is 18.7 Å². The minimum absolute atomic E-state index is 0.0816. The predicted molar refractivity (Wildman–Crippen MR) is 208 cm³/mol. The Bertz CT molecular complexity index is 2110. The maximum Gasteiger partial charge on any atom is 0.332 e. The van der Waals surface area contributed by atoms with Gasteiger partial charge < -0.3 is 34.1 Å². The van der Waals surface area contributed by atoms with E-state index in [-0.39, 0.29) is 43.2 Å². The van der Waals surface area contributed by atoms with Crippen LogP contribution in [0.3, 0.4) is 0 Å². The number of allylic oxidation sites excluding steroid dienone is 1. The third kappa shape index (κ3) is 7.98. The SMILES string of the molecule is CCOC(=O)C12CC1/C=C\CCCCCN(Cc1ccc(OC)cc1)C(=O)N1CC(Oc3nc(-c4ccc(F)cc4)nc4c(C)c(OC)ccc34)CC1C(=O)N2. The van der Waals surface area contributed by atoms with Crippen LogP contribution in [-0.2, 0) is 20.9 Å². The number of carbonyl (C=O) groups excluding carboxylic acids is 3. The van der Waals surface area contributed by atoms with E-state index in [4.69, 9.17) is 28.9 Å². The van der Waals surface area contributed by atoms with Crippen molar-refractivity contribution in [3.8, 4) is 28.8 Å². The van der Waals surface area contributed by atoms with Gasteiger partial charge in [-0.25, -0.2) is 19.0 Å². The third-order valence-corrected chi connectivity index (χ3v) is 10.9. The Balaban J connectivity index is 1.25. The van der Waals surface area contributed by atoms with Crippen molar-refractivity contribution in [2.24, 2.45) is 5.92 Å². The molecule has 13 heteroatoms. The predicted octanol–water partition coefficient (Wildman–Crippen LogP) is 6.77. The smallest absolute Gasteiger partial charge is 0.332 e. The lowest BCUT2D eigenvalue weighted by Gasteiger charge is -2.32. The Kier molecular flexibility index (Phi) is 11.4. The van der Waals surface area contributed by atoms with Crippen LogP contribution in [0.25, 0.3) is 22.3 Å². The van der Waals surface area contributed by atoms with Gasteiger partial charge in [0.05, 0.1) is 38.3 Å². The number of aryl methyl sites for hydroxylation is 1. The number of hydrogen-bond donors (Lipinski definition) is 1. The summed E-state index contributed by atoms with van der Waals surface area (Å²) in [4.78, 5) is 55.6. The highest BCUT2D eigenvalue weighted by Crippen LogP contribution is 2.46. The molecule has 0 bridgehead atoms. The molecular weight excluding hydrogens is 717 g/mol. The number of nitrogens with zero attached hydrogens (tertiary/aromatic N) is 4. The molecule has 0 radical (unpaired) electrons. The average molecular weight is 766 g/mol. The summed E-state index contributed by atoms with van der Waals surface area (Å²) >= 11 is 0. The molecule has 1 saturated heterocycles. The standard InChI is InChI=1S/C43H48FN5O7/c1-5-55-41(51)43-24-30(43)11-9-7-6-8-10-22-48(25-28-12-18-32(53-3)19-13-28)42(52)49-26-33(23-35(49)39(50)47-43)56-40-34-20-21-36(54-4)27(2)37(34)45-38(46-40)29-14-16-31(44)17-15-29/h9,11-21,30,33,35H,5-8,10,22-26H2,1-4H3,(H,47,50)/b11-9-. The zero-order valence-corrected chi connectivity index (χ0v) is 32.3. The molecule has 294 valence electrons. The molecule has 1 saturated carbocycles. The first kappa shape index (κ1) is 38.6. The number of fused-ring (bicyclic) bond motifs is 3. The summed E-state index contributed by atoms with van der Waals surface area (Å²) in [5.41, 5.74) is 1.65. The second-order valence-corrected chi connectivity index (χ2v) is 14.6. The summed E-state index contributed by atoms with van der Waals surface area (Å²) in [6, 6.07) is 15.8. The van der Waals surface area contributed by atoms with Gasteiger partial charge in [0.1, 0.15) is 35.0 Å². The summed E-state index contributed by atoms with van der Waals surface area (Å²) in [7, 11) is 3.19. The summed E-state index contributed by atoms with van der Waals surface area (Å²) in [6.07, 6.45) is 7.41. The number of carbonyl (C=O) groups is 3. The van der Waals surface area contributed by atoms with Crippen LogP contribution in [0.2, 0.25) is 0 Å². The van der Waals surface area contributed by atoms with Gasteiger partial charge in [-0.05, 0) is 93.6 Å². The molecule has 4 atom stereocenters. The largest absolute Gasteiger partial charge is 0.497 e. The van der Waals surface area contributed by atoms with E-state index in [1.54, 1.807) is 43.1 Å². The fraction of sp³-hybridized carbons (Fsp3) is 0.419. The molecule has 12 nitrogen and oxygen atoms in total. The number of halogens is 1. The van der Waals surface area contributed by atoms with Gasteiger partial charge in [-0.3, -0.25) is 4.79 Å². The first-order valence-electron chi connectivity index (χ1n) is 19.3. The topological polar surface area (TPSA) is 132 Å². The van der Waals surface area contributed by atoms with Gasteiger partial charge in [0.2, 0.25) is 11.8 Å². The number of hydrogen-bond acceptors (Lipinski definition) is 9. The van der Waals surface area contributed by atoms with E-state index in [0.717, 1.165) is 36.8 Å². The van der Waals surface area contributed by atoms with Crippen molar-refractivity contribution in [1.29, 1.82) is 0 Å². The molecule has 0 spiro atoms. The zero-order chi connectivity index (χ0) is 39.4.